The molecule has 0 spiro atoms. The van der Waals surface area contributed by atoms with Crippen LogP contribution in [0, 0.1) is 5.41 Å². The van der Waals surface area contributed by atoms with Crippen LogP contribution >= 0.6 is 0 Å². The summed E-state index contributed by atoms with van der Waals surface area (Å²) in [5, 5.41) is 6.02. The molecule has 0 bridgehead atoms. The highest BCUT2D eigenvalue weighted by atomic mass is 16.5. The van der Waals surface area contributed by atoms with Crippen LogP contribution < -0.4 is 10.6 Å². The van der Waals surface area contributed by atoms with Gasteiger partial charge in [-0.1, -0.05) is 13.8 Å². The van der Waals surface area contributed by atoms with Gasteiger partial charge in [-0.2, -0.15) is 0 Å². The van der Waals surface area contributed by atoms with Crippen LogP contribution in [0.5, 0.6) is 0 Å². The third kappa shape index (κ3) is 8.68. The van der Waals surface area contributed by atoms with Gasteiger partial charge in [0, 0.05) is 26.3 Å². The molecule has 0 fully saturated rings. The Morgan fingerprint density at radius 1 is 1.38 bits per heavy atom. The monoisotopic (exact) mass is 230 g/mol. The van der Waals surface area contributed by atoms with Crippen LogP contribution in [0.1, 0.15) is 34.1 Å². The van der Waals surface area contributed by atoms with Crippen LogP contribution in [0.25, 0.3) is 0 Å². The Kier molecular flexibility index (Phi) is 7.34. The van der Waals surface area contributed by atoms with E-state index in [-0.39, 0.29) is 17.4 Å². The number of amides is 1. The SMILES string of the molecule is COCCC(C)(C)CNCC(=O)NC(C)C. The molecule has 0 heterocycles. The van der Waals surface area contributed by atoms with Gasteiger partial charge in [-0.25, -0.2) is 0 Å². The van der Waals surface area contributed by atoms with Crippen molar-refractivity contribution in [3.05, 3.63) is 0 Å². The lowest BCUT2D eigenvalue weighted by atomic mass is 9.90. The number of rotatable bonds is 8. The van der Waals surface area contributed by atoms with Gasteiger partial charge in [0.25, 0.3) is 0 Å². The molecule has 0 saturated carbocycles. The van der Waals surface area contributed by atoms with Gasteiger partial charge in [0.1, 0.15) is 0 Å². The lowest BCUT2D eigenvalue weighted by Crippen LogP contribution is -2.40. The number of carbonyl (C=O) groups excluding carboxylic acids is 1. The lowest BCUT2D eigenvalue weighted by molar-refractivity contribution is -0.120. The predicted molar refractivity (Wildman–Crippen MR) is 66.4 cm³/mol. The first-order valence-electron chi connectivity index (χ1n) is 5.86. The molecule has 0 radical (unpaired) electrons. The highest BCUT2D eigenvalue weighted by Gasteiger charge is 2.17. The maximum absolute atomic E-state index is 11.4. The van der Waals surface area contributed by atoms with E-state index in [4.69, 9.17) is 4.74 Å². The van der Waals surface area contributed by atoms with Gasteiger partial charge in [0.15, 0.2) is 0 Å². The maximum Gasteiger partial charge on any atom is 0.234 e. The Bertz CT molecular complexity index is 203. The first kappa shape index (κ1) is 15.4. The van der Waals surface area contributed by atoms with Crippen LogP contribution in [0.3, 0.4) is 0 Å². The average molecular weight is 230 g/mol. The highest BCUT2D eigenvalue weighted by molar-refractivity contribution is 5.78. The van der Waals surface area contributed by atoms with E-state index >= 15 is 0 Å². The van der Waals surface area contributed by atoms with Crippen LogP contribution in [0.15, 0.2) is 0 Å². The zero-order valence-corrected chi connectivity index (χ0v) is 11.2. The molecule has 16 heavy (non-hydrogen) atoms. The van der Waals surface area contributed by atoms with Gasteiger partial charge in [-0.3, -0.25) is 4.79 Å². The van der Waals surface area contributed by atoms with Crippen LogP contribution in [-0.4, -0.2) is 38.8 Å². The van der Waals surface area contributed by atoms with Gasteiger partial charge in [-0.15, -0.1) is 0 Å². The zero-order valence-electron chi connectivity index (χ0n) is 11.2. The number of carbonyl (C=O) groups is 1. The molecule has 0 aliphatic carbocycles. The molecular weight excluding hydrogens is 204 g/mol. The topological polar surface area (TPSA) is 50.4 Å². The number of nitrogens with one attached hydrogen (secondary N) is 2. The summed E-state index contributed by atoms with van der Waals surface area (Å²) in [6, 6.07) is 0.204. The molecule has 0 saturated heterocycles. The number of methoxy groups -OCH3 is 1. The summed E-state index contributed by atoms with van der Waals surface area (Å²) in [4.78, 5) is 11.4. The van der Waals surface area contributed by atoms with Crippen molar-refractivity contribution in [3.8, 4) is 0 Å². The largest absolute Gasteiger partial charge is 0.385 e. The second-order valence-electron chi connectivity index (χ2n) is 5.23. The lowest BCUT2D eigenvalue weighted by Gasteiger charge is -2.24. The van der Waals surface area contributed by atoms with E-state index in [0.717, 1.165) is 19.6 Å². The highest BCUT2D eigenvalue weighted by Crippen LogP contribution is 2.18. The van der Waals surface area contributed by atoms with Gasteiger partial charge < -0.3 is 15.4 Å². The molecule has 1 amide bonds. The minimum atomic E-state index is 0.0533. The van der Waals surface area contributed by atoms with Gasteiger partial charge >= 0.3 is 0 Å². The van der Waals surface area contributed by atoms with E-state index in [1.165, 1.54) is 0 Å². The summed E-state index contributed by atoms with van der Waals surface area (Å²) >= 11 is 0. The fourth-order valence-electron chi connectivity index (χ4n) is 1.35. The number of hydrogen-bond donors (Lipinski definition) is 2. The predicted octanol–water partition coefficient (Wildman–Crippen LogP) is 1.16. The molecule has 96 valence electrons. The van der Waals surface area contributed by atoms with Crippen LogP contribution in [-0.2, 0) is 9.53 Å². The minimum Gasteiger partial charge on any atom is -0.385 e. The van der Waals surface area contributed by atoms with Crippen LogP contribution in [0.2, 0.25) is 0 Å². The standard InChI is InChI=1S/C12H26N2O2/c1-10(2)14-11(15)8-13-9-12(3,4)6-7-16-5/h10,13H,6-9H2,1-5H3,(H,14,15). The van der Waals surface area contributed by atoms with Crippen molar-refractivity contribution in [3.63, 3.8) is 0 Å². The first-order valence-corrected chi connectivity index (χ1v) is 5.86. The third-order valence-electron chi connectivity index (χ3n) is 2.32. The molecule has 0 atom stereocenters. The van der Waals surface area contributed by atoms with E-state index < -0.39 is 0 Å². The van der Waals surface area contributed by atoms with E-state index in [1.54, 1.807) is 7.11 Å². The third-order valence-corrected chi connectivity index (χ3v) is 2.32. The molecule has 0 aromatic carbocycles. The minimum absolute atomic E-state index is 0.0533. The Morgan fingerprint density at radius 3 is 2.50 bits per heavy atom. The van der Waals surface area contributed by atoms with Crippen molar-refractivity contribution >= 4 is 5.91 Å². The molecule has 2 N–H and O–H groups in total. The maximum atomic E-state index is 11.4. The van der Waals surface area contributed by atoms with Crippen LogP contribution in [0.4, 0.5) is 0 Å². The quantitative estimate of drug-likeness (QED) is 0.658. The molecule has 4 nitrogen and oxygen atoms in total. The normalized spacial score (nSPS) is 11.9. The average Bonchev–Trinajstić information content (AvgIpc) is 2.13. The van der Waals surface area contributed by atoms with Crippen molar-refractivity contribution in [2.45, 2.75) is 40.2 Å². The van der Waals surface area contributed by atoms with E-state index in [2.05, 4.69) is 24.5 Å². The molecule has 0 unspecified atom stereocenters. The molecule has 0 rings (SSSR count). The molecule has 0 aliphatic rings. The summed E-state index contributed by atoms with van der Waals surface area (Å²) in [5.41, 5.74) is 0.161. The van der Waals surface area contributed by atoms with Gasteiger partial charge in [0.05, 0.1) is 6.54 Å². The zero-order chi connectivity index (χ0) is 12.6. The smallest absolute Gasteiger partial charge is 0.234 e. The van der Waals surface area contributed by atoms with E-state index in [1.807, 2.05) is 13.8 Å². The fourth-order valence-corrected chi connectivity index (χ4v) is 1.35. The summed E-state index contributed by atoms with van der Waals surface area (Å²) in [6.45, 7) is 10.2. The Balaban J connectivity index is 3.67. The van der Waals surface area contributed by atoms with Gasteiger partial charge in [0.2, 0.25) is 5.91 Å². The van der Waals surface area contributed by atoms with E-state index in [9.17, 15) is 4.79 Å². The molecular formula is C12H26N2O2. The molecule has 0 aromatic heterocycles. The first-order chi connectivity index (χ1) is 7.37. The summed E-state index contributed by atoms with van der Waals surface area (Å²) < 4.78 is 5.05. The molecule has 4 heteroatoms. The Labute approximate surface area is 99.1 Å². The van der Waals surface area contributed by atoms with Crippen molar-refractivity contribution in [1.29, 1.82) is 0 Å². The van der Waals surface area contributed by atoms with Crippen molar-refractivity contribution < 1.29 is 9.53 Å². The van der Waals surface area contributed by atoms with Crippen molar-refractivity contribution in [2.24, 2.45) is 5.41 Å². The second-order valence-corrected chi connectivity index (χ2v) is 5.23. The Morgan fingerprint density at radius 2 is 2.00 bits per heavy atom. The Hall–Kier alpha value is -0.610. The summed E-state index contributed by atoms with van der Waals surface area (Å²) in [7, 11) is 1.71. The summed E-state index contributed by atoms with van der Waals surface area (Å²) in [5.74, 6) is 0.0533. The summed E-state index contributed by atoms with van der Waals surface area (Å²) in [6.07, 6.45) is 0.988. The van der Waals surface area contributed by atoms with Gasteiger partial charge in [-0.05, 0) is 25.7 Å². The second kappa shape index (κ2) is 7.63. The van der Waals surface area contributed by atoms with Crippen molar-refractivity contribution in [1.82, 2.24) is 10.6 Å². The van der Waals surface area contributed by atoms with E-state index in [0.29, 0.717) is 6.54 Å². The van der Waals surface area contributed by atoms with Crippen molar-refractivity contribution in [2.75, 3.05) is 26.8 Å². The fraction of sp³-hybridized carbons (Fsp3) is 0.917. The molecule has 0 aromatic rings. The number of ether oxygens (including phenoxy) is 1. The number of hydrogen-bond acceptors (Lipinski definition) is 3. The molecule has 0 aliphatic heterocycles.